The van der Waals surface area contributed by atoms with E-state index in [4.69, 9.17) is 16.6 Å². The summed E-state index contributed by atoms with van der Waals surface area (Å²) >= 11 is 7.88. The summed E-state index contributed by atoms with van der Waals surface area (Å²) < 4.78 is 1.89. The van der Waals surface area contributed by atoms with Crippen molar-refractivity contribution in [2.24, 2.45) is 0 Å². The number of fused-ring (bicyclic) bond motifs is 1. The second-order valence-electron chi connectivity index (χ2n) is 5.01. The summed E-state index contributed by atoms with van der Waals surface area (Å²) in [5.41, 5.74) is 5.00. The summed E-state index contributed by atoms with van der Waals surface area (Å²) in [6.45, 7) is 2.01. The Bertz CT molecular complexity index is 971. The van der Waals surface area contributed by atoms with Crippen molar-refractivity contribution in [3.63, 3.8) is 0 Å². The Balaban J connectivity index is 1.88. The summed E-state index contributed by atoms with van der Waals surface area (Å²) in [6, 6.07) is 13.8. The Morgan fingerprint density at radius 2 is 1.91 bits per heavy atom. The van der Waals surface area contributed by atoms with Gasteiger partial charge in [-0.25, -0.2) is 9.50 Å². The molecule has 5 heteroatoms. The second-order valence-corrected chi connectivity index (χ2v) is 6.27. The quantitative estimate of drug-likeness (QED) is 0.514. The molecule has 0 unspecified atom stereocenters. The highest BCUT2D eigenvalue weighted by molar-refractivity contribution is 7.13. The van der Waals surface area contributed by atoms with Crippen LogP contribution < -0.4 is 0 Å². The zero-order valence-corrected chi connectivity index (χ0v) is 13.4. The fraction of sp³-hybridized carbons (Fsp3) is 0.0588. The van der Waals surface area contributed by atoms with Gasteiger partial charge in [0.15, 0.2) is 0 Å². The Morgan fingerprint density at radius 3 is 2.77 bits per heavy atom. The van der Waals surface area contributed by atoms with E-state index in [1.807, 2.05) is 59.4 Å². The summed E-state index contributed by atoms with van der Waals surface area (Å²) in [7, 11) is 0. The van der Waals surface area contributed by atoms with Crippen LogP contribution >= 0.6 is 22.9 Å². The number of aryl methyl sites for hydroxylation is 1. The van der Waals surface area contributed by atoms with Gasteiger partial charge in [-0.1, -0.05) is 35.9 Å². The predicted octanol–water partition coefficient (Wildman–Crippen LogP) is 5.09. The molecule has 0 saturated carbocycles. The van der Waals surface area contributed by atoms with Gasteiger partial charge >= 0.3 is 0 Å². The van der Waals surface area contributed by atoms with Gasteiger partial charge in [0.05, 0.1) is 22.5 Å². The summed E-state index contributed by atoms with van der Waals surface area (Å²) in [5.74, 6) is 0. The van der Waals surface area contributed by atoms with Gasteiger partial charge < -0.3 is 0 Å². The average Bonchev–Trinajstić information content (AvgIpc) is 3.10. The van der Waals surface area contributed by atoms with Crippen molar-refractivity contribution in [1.82, 2.24) is 14.6 Å². The number of thiazole rings is 1. The first kappa shape index (κ1) is 13.5. The van der Waals surface area contributed by atoms with E-state index in [1.165, 1.54) is 0 Å². The Morgan fingerprint density at radius 1 is 1.09 bits per heavy atom. The van der Waals surface area contributed by atoms with Crippen LogP contribution in [-0.4, -0.2) is 14.6 Å². The summed E-state index contributed by atoms with van der Waals surface area (Å²) in [6.07, 6.45) is 1.95. The van der Waals surface area contributed by atoms with Crippen LogP contribution in [0.3, 0.4) is 0 Å². The molecule has 0 bridgehead atoms. The van der Waals surface area contributed by atoms with Crippen molar-refractivity contribution in [3.8, 4) is 21.8 Å². The molecule has 0 amide bonds. The number of benzene rings is 1. The molecule has 0 aliphatic carbocycles. The molecule has 108 valence electrons. The van der Waals surface area contributed by atoms with Gasteiger partial charge in [0, 0.05) is 22.2 Å². The molecule has 0 aliphatic heterocycles. The fourth-order valence-electron chi connectivity index (χ4n) is 2.56. The molecule has 0 atom stereocenters. The summed E-state index contributed by atoms with van der Waals surface area (Å²) in [4.78, 5) is 4.78. The topological polar surface area (TPSA) is 30.2 Å². The number of hydrogen-bond donors (Lipinski definition) is 0. The van der Waals surface area contributed by atoms with E-state index in [0.29, 0.717) is 0 Å². The van der Waals surface area contributed by atoms with E-state index in [2.05, 4.69) is 11.2 Å². The zero-order chi connectivity index (χ0) is 15.1. The SMILES string of the molecule is Cc1nn2ccccc2c1-c1nc(-c2ccccc2Cl)cs1. The number of hydrogen-bond acceptors (Lipinski definition) is 3. The molecule has 3 aromatic heterocycles. The van der Waals surface area contributed by atoms with Crippen LogP contribution in [0.2, 0.25) is 5.02 Å². The Kier molecular flexibility index (Phi) is 3.21. The fourth-order valence-corrected chi connectivity index (χ4v) is 3.72. The molecule has 3 nitrogen and oxygen atoms in total. The van der Waals surface area contributed by atoms with Crippen LogP contribution in [-0.2, 0) is 0 Å². The van der Waals surface area contributed by atoms with Crippen LogP contribution in [0, 0.1) is 6.92 Å². The van der Waals surface area contributed by atoms with Crippen molar-refractivity contribution >= 4 is 28.5 Å². The molecule has 4 rings (SSSR count). The van der Waals surface area contributed by atoms with Crippen LogP contribution in [0.25, 0.3) is 27.3 Å². The van der Waals surface area contributed by atoms with Gasteiger partial charge in [0.2, 0.25) is 0 Å². The van der Waals surface area contributed by atoms with Crippen LogP contribution in [0.1, 0.15) is 5.69 Å². The molecule has 4 aromatic rings. The third kappa shape index (κ3) is 2.12. The molecule has 0 saturated heterocycles. The number of rotatable bonds is 2. The minimum Gasteiger partial charge on any atom is -0.240 e. The van der Waals surface area contributed by atoms with E-state index in [1.54, 1.807) is 11.3 Å². The third-order valence-corrected chi connectivity index (χ3v) is 4.77. The van der Waals surface area contributed by atoms with Crippen molar-refractivity contribution in [1.29, 1.82) is 0 Å². The second kappa shape index (κ2) is 5.23. The minimum atomic E-state index is 0.718. The molecule has 0 fully saturated rings. The van der Waals surface area contributed by atoms with Crippen LogP contribution in [0.4, 0.5) is 0 Å². The van der Waals surface area contributed by atoms with Crippen LogP contribution in [0.5, 0.6) is 0 Å². The number of nitrogens with zero attached hydrogens (tertiary/aromatic N) is 3. The number of aromatic nitrogens is 3. The molecule has 1 aromatic carbocycles. The van der Waals surface area contributed by atoms with Crippen molar-refractivity contribution < 1.29 is 0 Å². The van der Waals surface area contributed by atoms with Gasteiger partial charge in [-0.05, 0) is 25.1 Å². The highest BCUT2D eigenvalue weighted by Crippen LogP contribution is 2.35. The maximum absolute atomic E-state index is 6.27. The number of halogens is 1. The predicted molar refractivity (Wildman–Crippen MR) is 91.5 cm³/mol. The van der Waals surface area contributed by atoms with Crippen molar-refractivity contribution in [2.75, 3.05) is 0 Å². The molecule has 0 N–H and O–H groups in total. The average molecular weight is 326 g/mol. The lowest BCUT2D eigenvalue weighted by atomic mass is 10.2. The molecule has 0 aliphatic rings. The normalized spacial score (nSPS) is 11.2. The Labute approximate surface area is 136 Å². The lowest BCUT2D eigenvalue weighted by molar-refractivity contribution is 0.934. The van der Waals surface area contributed by atoms with E-state index in [9.17, 15) is 0 Å². The highest BCUT2D eigenvalue weighted by atomic mass is 35.5. The maximum atomic E-state index is 6.27. The molecular weight excluding hydrogens is 314 g/mol. The van der Waals surface area contributed by atoms with Gasteiger partial charge in [-0.3, -0.25) is 0 Å². The molecular formula is C17H12ClN3S. The van der Waals surface area contributed by atoms with E-state index in [-0.39, 0.29) is 0 Å². The van der Waals surface area contributed by atoms with E-state index < -0.39 is 0 Å². The maximum Gasteiger partial charge on any atom is 0.128 e. The van der Waals surface area contributed by atoms with E-state index in [0.717, 1.165) is 38.1 Å². The lowest BCUT2D eigenvalue weighted by Gasteiger charge is -1.99. The minimum absolute atomic E-state index is 0.718. The van der Waals surface area contributed by atoms with Crippen molar-refractivity contribution in [3.05, 3.63) is 64.8 Å². The third-order valence-electron chi connectivity index (χ3n) is 3.58. The molecule has 22 heavy (non-hydrogen) atoms. The molecule has 3 heterocycles. The number of pyridine rings is 1. The first-order valence-electron chi connectivity index (χ1n) is 6.89. The first-order chi connectivity index (χ1) is 10.7. The van der Waals surface area contributed by atoms with Gasteiger partial charge in [-0.2, -0.15) is 5.10 Å². The standard InChI is InChI=1S/C17H12ClN3S/c1-11-16(15-8-4-5-9-21(15)20-11)17-19-14(10-22-17)12-6-2-3-7-13(12)18/h2-10H,1H3. The van der Waals surface area contributed by atoms with Crippen molar-refractivity contribution in [2.45, 2.75) is 6.92 Å². The largest absolute Gasteiger partial charge is 0.240 e. The molecule has 0 spiro atoms. The zero-order valence-electron chi connectivity index (χ0n) is 11.8. The first-order valence-corrected chi connectivity index (χ1v) is 8.14. The monoisotopic (exact) mass is 325 g/mol. The smallest absolute Gasteiger partial charge is 0.128 e. The lowest BCUT2D eigenvalue weighted by Crippen LogP contribution is -1.83. The van der Waals surface area contributed by atoms with Gasteiger partial charge in [0.25, 0.3) is 0 Å². The highest BCUT2D eigenvalue weighted by Gasteiger charge is 2.16. The summed E-state index contributed by atoms with van der Waals surface area (Å²) in [5, 5.41) is 8.28. The van der Waals surface area contributed by atoms with E-state index >= 15 is 0 Å². The Hall–Kier alpha value is -2.17. The molecule has 0 radical (unpaired) electrons. The van der Waals surface area contributed by atoms with Crippen LogP contribution in [0.15, 0.2) is 54.0 Å². The van der Waals surface area contributed by atoms with Gasteiger partial charge in [0.1, 0.15) is 5.01 Å². The van der Waals surface area contributed by atoms with Gasteiger partial charge in [-0.15, -0.1) is 11.3 Å².